The maximum Gasteiger partial charge on any atom is 0.251 e. The fourth-order valence-corrected chi connectivity index (χ4v) is 3.20. The number of hydrogen-bond donors (Lipinski definition) is 3. The third-order valence-corrected chi connectivity index (χ3v) is 4.79. The van der Waals surface area contributed by atoms with Gasteiger partial charge in [0.25, 0.3) is 5.91 Å². The Labute approximate surface area is 183 Å². The predicted octanol–water partition coefficient (Wildman–Crippen LogP) is 3.68. The van der Waals surface area contributed by atoms with E-state index in [9.17, 15) is 9.59 Å². The van der Waals surface area contributed by atoms with E-state index in [2.05, 4.69) is 29.8 Å². The van der Waals surface area contributed by atoms with Crippen LogP contribution in [0.15, 0.2) is 48.5 Å². The van der Waals surface area contributed by atoms with Gasteiger partial charge in [-0.2, -0.15) is 0 Å². The summed E-state index contributed by atoms with van der Waals surface area (Å²) in [6.07, 6.45) is 2.09. The molecule has 1 heterocycles. The minimum absolute atomic E-state index is 0.0900. The molecule has 3 rings (SSSR count). The van der Waals surface area contributed by atoms with Crippen LogP contribution in [0.4, 0.5) is 11.4 Å². The quantitative estimate of drug-likeness (QED) is 0.540. The van der Waals surface area contributed by atoms with Gasteiger partial charge in [0.1, 0.15) is 5.75 Å². The van der Waals surface area contributed by atoms with Gasteiger partial charge in [-0.05, 0) is 49.1 Å². The second kappa shape index (κ2) is 11.4. The first kappa shape index (κ1) is 22.6. The minimum atomic E-state index is -0.203. The second-order valence-corrected chi connectivity index (χ2v) is 8.06. The van der Waals surface area contributed by atoms with Crippen LogP contribution < -0.4 is 20.7 Å². The Morgan fingerprint density at radius 1 is 1.13 bits per heavy atom. The normalized spacial score (nSPS) is 15.5. The highest BCUT2D eigenvalue weighted by Gasteiger charge is 2.17. The summed E-state index contributed by atoms with van der Waals surface area (Å²) >= 11 is 0. The van der Waals surface area contributed by atoms with Crippen molar-refractivity contribution in [1.29, 1.82) is 0 Å². The molecule has 3 N–H and O–H groups in total. The highest BCUT2D eigenvalue weighted by Crippen LogP contribution is 2.18. The summed E-state index contributed by atoms with van der Waals surface area (Å²) in [5.74, 6) is 0.824. The Morgan fingerprint density at radius 2 is 1.94 bits per heavy atom. The van der Waals surface area contributed by atoms with E-state index in [1.165, 1.54) is 0 Å². The molecular formula is C24H31N3O4. The van der Waals surface area contributed by atoms with Crippen LogP contribution in [0.2, 0.25) is 0 Å². The average Bonchev–Trinajstić information content (AvgIpc) is 3.29. The van der Waals surface area contributed by atoms with Crippen molar-refractivity contribution in [2.24, 2.45) is 5.92 Å². The van der Waals surface area contributed by atoms with Gasteiger partial charge in [-0.3, -0.25) is 9.59 Å². The zero-order chi connectivity index (χ0) is 22.1. The Morgan fingerprint density at radius 3 is 2.71 bits per heavy atom. The molecule has 1 aliphatic heterocycles. The van der Waals surface area contributed by atoms with Crippen molar-refractivity contribution >= 4 is 23.2 Å². The molecule has 2 aromatic carbocycles. The maximum absolute atomic E-state index is 12.4. The number of amides is 2. The predicted molar refractivity (Wildman–Crippen MR) is 122 cm³/mol. The molecule has 0 bridgehead atoms. The molecule has 0 aromatic heterocycles. The van der Waals surface area contributed by atoms with E-state index in [1.54, 1.807) is 24.3 Å². The SMILES string of the molecule is CC(C)COc1cccc(NCC(=O)Nc2cccc(C(=O)NCC3CCCO3)c2)c1. The van der Waals surface area contributed by atoms with Gasteiger partial charge in [-0.15, -0.1) is 0 Å². The van der Waals surface area contributed by atoms with Crippen LogP contribution in [0, 0.1) is 5.92 Å². The largest absolute Gasteiger partial charge is 0.493 e. The highest BCUT2D eigenvalue weighted by molar-refractivity contribution is 5.98. The Bertz CT molecular complexity index is 879. The lowest BCUT2D eigenvalue weighted by Crippen LogP contribution is -2.31. The number of carbonyl (C=O) groups is 2. The average molecular weight is 426 g/mol. The van der Waals surface area contributed by atoms with E-state index < -0.39 is 0 Å². The number of nitrogens with one attached hydrogen (secondary N) is 3. The minimum Gasteiger partial charge on any atom is -0.493 e. The number of carbonyl (C=O) groups excluding carboxylic acids is 2. The third kappa shape index (κ3) is 7.61. The lowest BCUT2D eigenvalue weighted by molar-refractivity contribution is -0.114. The summed E-state index contributed by atoms with van der Waals surface area (Å²) in [5, 5.41) is 8.81. The first-order chi connectivity index (χ1) is 15.0. The fourth-order valence-electron chi connectivity index (χ4n) is 3.20. The van der Waals surface area contributed by atoms with Crippen LogP contribution in [0.5, 0.6) is 5.75 Å². The number of anilines is 2. The molecule has 7 heteroatoms. The first-order valence-corrected chi connectivity index (χ1v) is 10.8. The zero-order valence-electron chi connectivity index (χ0n) is 18.1. The van der Waals surface area contributed by atoms with Crippen LogP contribution in [0.3, 0.4) is 0 Å². The standard InChI is InChI=1S/C24H31N3O4/c1-17(2)16-31-21-9-4-7-19(13-21)25-15-23(28)27-20-8-3-6-18(12-20)24(29)26-14-22-10-5-11-30-22/h3-4,6-9,12-13,17,22,25H,5,10-11,14-16H2,1-2H3,(H,26,29)(H,27,28). The smallest absolute Gasteiger partial charge is 0.251 e. The second-order valence-electron chi connectivity index (χ2n) is 8.06. The van der Waals surface area contributed by atoms with Crippen LogP contribution >= 0.6 is 0 Å². The zero-order valence-corrected chi connectivity index (χ0v) is 18.1. The fraction of sp³-hybridized carbons (Fsp3) is 0.417. The molecule has 1 saturated heterocycles. The van der Waals surface area contributed by atoms with E-state index >= 15 is 0 Å². The lowest BCUT2D eigenvalue weighted by Gasteiger charge is -2.12. The molecule has 1 atom stereocenters. The molecule has 2 aromatic rings. The molecule has 7 nitrogen and oxygen atoms in total. The molecule has 0 aliphatic carbocycles. The number of rotatable bonds is 10. The van der Waals surface area contributed by atoms with Gasteiger partial charge in [0.15, 0.2) is 0 Å². The van der Waals surface area contributed by atoms with E-state index in [1.807, 2.05) is 24.3 Å². The first-order valence-electron chi connectivity index (χ1n) is 10.8. The van der Waals surface area contributed by atoms with E-state index in [0.29, 0.717) is 30.3 Å². The summed E-state index contributed by atoms with van der Waals surface area (Å²) in [6.45, 7) is 6.18. The van der Waals surface area contributed by atoms with Crippen molar-refractivity contribution in [3.63, 3.8) is 0 Å². The molecular weight excluding hydrogens is 394 g/mol. The number of benzene rings is 2. The van der Waals surface area contributed by atoms with Gasteiger partial charge in [-0.25, -0.2) is 0 Å². The third-order valence-electron chi connectivity index (χ3n) is 4.79. The van der Waals surface area contributed by atoms with Gasteiger partial charge in [0.2, 0.25) is 5.91 Å². The summed E-state index contributed by atoms with van der Waals surface area (Å²) in [7, 11) is 0. The van der Waals surface area contributed by atoms with Crippen molar-refractivity contribution in [2.75, 3.05) is 36.9 Å². The summed E-state index contributed by atoms with van der Waals surface area (Å²) in [4.78, 5) is 24.7. The van der Waals surface area contributed by atoms with Gasteiger partial charge in [-0.1, -0.05) is 26.0 Å². The van der Waals surface area contributed by atoms with E-state index in [-0.39, 0.29) is 24.5 Å². The molecule has 2 amide bonds. The van der Waals surface area contributed by atoms with Gasteiger partial charge < -0.3 is 25.4 Å². The van der Waals surface area contributed by atoms with Crippen molar-refractivity contribution in [1.82, 2.24) is 5.32 Å². The molecule has 1 aliphatic rings. The molecule has 31 heavy (non-hydrogen) atoms. The van der Waals surface area contributed by atoms with Crippen LogP contribution in [-0.4, -0.2) is 44.2 Å². The maximum atomic E-state index is 12.4. The van der Waals surface area contributed by atoms with Gasteiger partial charge in [0.05, 0.1) is 19.3 Å². The Kier molecular flexibility index (Phi) is 8.29. The number of ether oxygens (including phenoxy) is 2. The Hall–Kier alpha value is -3.06. The topological polar surface area (TPSA) is 88.7 Å². The van der Waals surface area contributed by atoms with E-state index in [4.69, 9.17) is 9.47 Å². The van der Waals surface area contributed by atoms with E-state index in [0.717, 1.165) is 30.9 Å². The van der Waals surface area contributed by atoms with Crippen molar-refractivity contribution < 1.29 is 19.1 Å². The van der Waals surface area contributed by atoms with Crippen molar-refractivity contribution in [3.05, 3.63) is 54.1 Å². The molecule has 0 radical (unpaired) electrons. The van der Waals surface area contributed by atoms with Crippen LogP contribution in [-0.2, 0) is 9.53 Å². The highest BCUT2D eigenvalue weighted by atomic mass is 16.5. The summed E-state index contributed by atoms with van der Waals surface area (Å²) in [6, 6.07) is 14.4. The lowest BCUT2D eigenvalue weighted by atomic mass is 10.1. The molecule has 0 spiro atoms. The molecule has 1 unspecified atom stereocenters. The van der Waals surface area contributed by atoms with Gasteiger partial charge in [0, 0.05) is 36.2 Å². The molecule has 0 saturated carbocycles. The van der Waals surface area contributed by atoms with Crippen molar-refractivity contribution in [3.8, 4) is 5.75 Å². The van der Waals surface area contributed by atoms with Crippen LogP contribution in [0.1, 0.15) is 37.0 Å². The van der Waals surface area contributed by atoms with Crippen molar-refractivity contribution in [2.45, 2.75) is 32.8 Å². The number of hydrogen-bond acceptors (Lipinski definition) is 5. The molecule has 1 fully saturated rings. The summed E-state index contributed by atoms with van der Waals surface area (Å²) in [5.41, 5.74) is 1.88. The Balaban J connectivity index is 1.47. The monoisotopic (exact) mass is 425 g/mol. The molecule has 166 valence electrons. The van der Waals surface area contributed by atoms with Crippen LogP contribution in [0.25, 0.3) is 0 Å². The van der Waals surface area contributed by atoms with Gasteiger partial charge >= 0.3 is 0 Å². The summed E-state index contributed by atoms with van der Waals surface area (Å²) < 4.78 is 11.2.